The van der Waals surface area contributed by atoms with Crippen LogP contribution in [0.25, 0.3) is 22.0 Å². The van der Waals surface area contributed by atoms with Gasteiger partial charge < -0.3 is 13.7 Å². The number of aryl methyl sites for hydroxylation is 1. The summed E-state index contributed by atoms with van der Waals surface area (Å²) in [5.41, 5.74) is -4.28. The van der Waals surface area contributed by atoms with Crippen molar-refractivity contribution in [3.8, 4) is 17.0 Å². The highest BCUT2D eigenvalue weighted by Crippen LogP contribution is 2.41. The van der Waals surface area contributed by atoms with E-state index in [1.54, 1.807) is 58.0 Å². The van der Waals surface area contributed by atoms with Crippen molar-refractivity contribution in [1.82, 2.24) is 4.98 Å². The van der Waals surface area contributed by atoms with Gasteiger partial charge in [0, 0.05) is 16.5 Å². The van der Waals surface area contributed by atoms with E-state index in [-0.39, 0.29) is 12.1 Å². The molecule has 0 amide bonds. The van der Waals surface area contributed by atoms with Crippen LogP contribution in [0.5, 0.6) is 5.88 Å². The van der Waals surface area contributed by atoms with Crippen molar-refractivity contribution < 1.29 is 40.0 Å². The lowest BCUT2D eigenvalue weighted by molar-refractivity contribution is -0.162. The fourth-order valence-electron chi connectivity index (χ4n) is 3.92. The van der Waals surface area contributed by atoms with Gasteiger partial charge in [0.15, 0.2) is 0 Å². The summed E-state index contributed by atoms with van der Waals surface area (Å²) in [4.78, 5) is 16.7. The Balaban J connectivity index is 2.26. The van der Waals surface area contributed by atoms with Crippen LogP contribution in [0.15, 0.2) is 42.5 Å². The van der Waals surface area contributed by atoms with Gasteiger partial charge in [-0.05, 0) is 95.0 Å². The molecule has 12 heteroatoms. The molecule has 0 saturated heterocycles. The minimum atomic E-state index is -5.91. The summed E-state index contributed by atoms with van der Waals surface area (Å²) in [6.45, 7) is 12.4. The standard InChI is InChI=1S/C28H31ClF3NO6S/c1-16-14-20-19(12-13-22(33-20)39-40(35,36)28(30,31)32)24(17-8-10-18(29)11-9-17)23(16)21(38-27(5,6)7)15-37-25(34)26(2,3)4/h8-14,21H,15H2,1-7H3. The van der Waals surface area contributed by atoms with E-state index in [0.717, 1.165) is 6.07 Å². The van der Waals surface area contributed by atoms with E-state index in [4.69, 9.17) is 21.1 Å². The van der Waals surface area contributed by atoms with Gasteiger partial charge in [-0.1, -0.05) is 23.7 Å². The second-order valence-electron chi connectivity index (χ2n) is 11.3. The molecule has 0 aliphatic carbocycles. The number of carbonyl (C=O) groups is 1. The number of ether oxygens (including phenoxy) is 2. The van der Waals surface area contributed by atoms with Crippen molar-refractivity contribution in [3.63, 3.8) is 0 Å². The van der Waals surface area contributed by atoms with E-state index in [1.165, 1.54) is 6.07 Å². The molecule has 218 valence electrons. The lowest BCUT2D eigenvalue weighted by Gasteiger charge is -2.31. The molecule has 0 fully saturated rings. The van der Waals surface area contributed by atoms with Crippen LogP contribution in [0, 0.1) is 12.3 Å². The van der Waals surface area contributed by atoms with Gasteiger partial charge in [-0.2, -0.15) is 21.6 Å². The van der Waals surface area contributed by atoms with Gasteiger partial charge in [-0.25, -0.2) is 4.98 Å². The molecule has 1 unspecified atom stereocenters. The van der Waals surface area contributed by atoms with E-state index >= 15 is 0 Å². The summed E-state index contributed by atoms with van der Waals surface area (Å²) in [5, 5.41) is 0.958. The molecule has 7 nitrogen and oxygen atoms in total. The number of halogens is 4. The van der Waals surface area contributed by atoms with E-state index in [1.807, 2.05) is 20.8 Å². The van der Waals surface area contributed by atoms with E-state index in [9.17, 15) is 26.4 Å². The Morgan fingerprint density at radius 1 is 1.00 bits per heavy atom. The molecule has 0 aliphatic rings. The Morgan fingerprint density at radius 2 is 1.60 bits per heavy atom. The molecular formula is C28H31ClF3NO6S. The van der Waals surface area contributed by atoms with Crippen molar-refractivity contribution in [2.24, 2.45) is 5.41 Å². The number of hydrogen-bond acceptors (Lipinski definition) is 7. The van der Waals surface area contributed by atoms with Gasteiger partial charge in [0.25, 0.3) is 0 Å². The Labute approximate surface area is 236 Å². The summed E-state index contributed by atoms with van der Waals surface area (Å²) in [6.07, 6.45) is -0.747. The normalized spacial score (nSPS) is 13.8. The van der Waals surface area contributed by atoms with Crippen molar-refractivity contribution in [2.45, 2.75) is 65.7 Å². The number of rotatable bonds is 7. The molecule has 0 radical (unpaired) electrons. The van der Waals surface area contributed by atoms with Crippen molar-refractivity contribution in [1.29, 1.82) is 0 Å². The summed E-state index contributed by atoms with van der Waals surface area (Å²) in [6, 6.07) is 10.9. The van der Waals surface area contributed by atoms with Crippen LogP contribution in [0.4, 0.5) is 13.2 Å². The van der Waals surface area contributed by atoms with Crippen LogP contribution in [-0.2, 0) is 24.4 Å². The zero-order valence-electron chi connectivity index (χ0n) is 23.1. The lowest BCUT2D eigenvalue weighted by atomic mass is 9.88. The minimum Gasteiger partial charge on any atom is -0.462 e. The summed E-state index contributed by atoms with van der Waals surface area (Å²) in [5.74, 6) is -1.16. The number of fused-ring (bicyclic) bond motifs is 1. The third kappa shape index (κ3) is 7.44. The van der Waals surface area contributed by atoms with Crippen molar-refractivity contribution in [3.05, 3.63) is 58.6 Å². The van der Waals surface area contributed by atoms with Crippen LogP contribution in [0.3, 0.4) is 0 Å². The predicted molar refractivity (Wildman–Crippen MR) is 147 cm³/mol. The second-order valence-corrected chi connectivity index (χ2v) is 13.2. The number of benzene rings is 2. The highest BCUT2D eigenvalue weighted by Gasteiger charge is 2.49. The van der Waals surface area contributed by atoms with Crippen LogP contribution in [0.1, 0.15) is 58.8 Å². The largest absolute Gasteiger partial charge is 0.534 e. The Bertz CT molecular complexity index is 1510. The third-order valence-electron chi connectivity index (χ3n) is 5.62. The number of aromatic nitrogens is 1. The monoisotopic (exact) mass is 601 g/mol. The van der Waals surface area contributed by atoms with Gasteiger partial charge in [0.2, 0.25) is 5.88 Å². The maximum atomic E-state index is 12.9. The maximum Gasteiger partial charge on any atom is 0.534 e. The molecule has 1 aromatic heterocycles. The van der Waals surface area contributed by atoms with Crippen LogP contribution >= 0.6 is 11.6 Å². The highest BCUT2D eigenvalue weighted by molar-refractivity contribution is 7.87. The first-order valence-corrected chi connectivity index (χ1v) is 14.0. The average Bonchev–Trinajstić information content (AvgIpc) is 2.79. The Kier molecular flexibility index (Phi) is 8.84. The predicted octanol–water partition coefficient (Wildman–Crippen LogP) is 7.54. The molecule has 0 aliphatic heterocycles. The second kappa shape index (κ2) is 11.2. The number of carbonyl (C=O) groups excluding carboxylic acids is 1. The van der Waals surface area contributed by atoms with Gasteiger partial charge >= 0.3 is 21.6 Å². The summed E-state index contributed by atoms with van der Waals surface area (Å²) in [7, 11) is -5.91. The maximum absolute atomic E-state index is 12.9. The number of nitrogens with zero attached hydrogens (tertiary/aromatic N) is 1. The zero-order chi connectivity index (χ0) is 30.3. The molecule has 3 aromatic rings. The first kappa shape index (κ1) is 31.6. The van der Waals surface area contributed by atoms with Crippen molar-refractivity contribution >= 4 is 38.6 Å². The Morgan fingerprint density at radius 3 is 2.12 bits per heavy atom. The van der Waals surface area contributed by atoms with Gasteiger partial charge in [-0.15, -0.1) is 0 Å². The summed E-state index contributed by atoms with van der Waals surface area (Å²) < 4.78 is 78.1. The van der Waals surface area contributed by atoms with E-state index in [0.29, 0.717) is 32.7 Å². The average molecular weight is 602 g/mol. The molecule has 0 spiro atoms. The molecule has 3 rings (SSSR count). The number of alkyl halides is 3. The summed E-state index contributed by atoms with van der Waals surface area (Å²) >= 11 is 6.12. The van der Waals surface area contributed by atoms with Gasteiger partial charge in [0.05, 0.1) is 16.5 Å². The number of esters is 1. The van der Waals surface area contributed by atoms with Gasteiger partial charge in [-0.3, -0.25) is 4.79 Å². The first-order chi connectivity index (χ1) is 18.2. The SMILES string of the molecule is Cc1cc2nc(OS(=O)(=O)C(F)(F)F)ccc2c(-c2ccc(Cl)cc2)c1C(COC(=O)C(C)(C)C)OC(C)(C)C. The van der Waals surface area contributed by atoms with Gasteiger partial charge in [0.1, 0.15) is 12.7 Å². The van der Waals surface area contributed by atoms with Crippen LogP contribution < -0.4 is 4.18 Å². The first-order valence-electron chi connectivity index (χ1n) is 12.3. The van der Waals surface area contributed by atoms with E-state index < -0.39 is 44.6 Å². The molecular weight excluding hydrogens is 571 g/mol. The fraction of sp³-hybridized carbons (Fsp3) is 0.429. The lowest BCUT2D eigenvalue weighted by Crippen LogP contribution is -2.30. The van der Waals surface area contributed by atoms with Crippen LogP contribution in [0.2, 0.25) is 5.02 Å². The number of pyridine rings is 1. The fourth-order valence-corrected chi connectivity index (χ4v) is 4.46. The van der Waals surface area contributed by atoms with Crippen molar-refractivity contribution in [2.75, 3.05) is 6.61 Å². The van der Waals surface area contributed by atoms with E-state index in [2.05, 4.69) is 9.17 Å². The topological polar surface area (TPSA) is 91.8 Å². The molecule has 0 bridgehead atoms. The highest BCUT2D eigenvalue weighted by atomic mass is 35.5. The Hall–Kier alpha value is -2.89. The molecule has 1 heterocycles. The zero-order valence-corrected chi connectivity index (χ0v) is 24.7. The molecule has 2 aromatic carbocycles. The molecule has 0 N–H and O–H groups in total. The minimum absolute atomic E-state index is 0.112. The smallest absolute Gasteiger partial charge is 0.462 e. The number of hydrogen-bond donors (Lipinski definition) is 0. The third-order valence-corrected chi connectivity index (χ3v) is 6.83. The molecule has 40 heavy (non-hydrogen) atoms. The molecule has 1 atom stereocenters. The molecule has 0 saturated carbocycles. The quantitative estimate of drug-likeness (QED) is 0.157. The van der Waals surface area contributed by atoms with Crippen LogP contribution in [-0.4, -0.2) is 37.1 Å².